The molecule has 4 heteroatoms. The van der Waals surface area contributed by atoms with Gasteiger partial charge in [0, 0.05) is 18.2 Å². The third kappa shape index (κ3) is 3.14. The first-order valence-corrected chi connectivity index (χ1v) is 11.5. The number of para-hydroxylation sites is 1. The van der Waals surface area contributed by atoms with E-state index in [9.17, 15) is 4.79 Å². The fourth-order valence-electron chi connectivity index (χ4n) is 6.25. The summed E-state index contributed by atoms with van der Waals surface area (Å²) < 4.78 is 6.07. The zero-order chi connectivity index (χ0) is 19.7. The first kappa shape index (κ1) is 19.8. The Labute approximate surface area is 170 Å². The molecule has 2 fully saturated rings. The Morgan fingerprint density at radius 1 is 1.32 bits per heavy atom. The summed E-state index contributed by atoms with van der Waals surface area (Å²) in [5.74, 6) is 2.17. The summed E-state index contributed by atoms with van der Waals surface area (Å²) in [7, 11) is 0. The predicted octanol–water partition coefficient (Wildman–Crippen LogP) is 3.03. The number of nitrogens with two attached hydrogens (primary N) is 1. The SMILES string of the molecule is CCC(CC)C1CCCCN1C(=O)[C@@H]1C[NH2+]C[C@]12CCOc1c(C)cccc12. The standard InChI is InChI=1S/C24H36N2O2/c1-4-18(5-2)21-11-6-7-13-26(21)23(27)20-15-25-16-24(20)12-14-28-22-17(3)9-8-10-19(22)24/h8-10,18,20-21,25H,4-7,11-16H2,1-3H3/p+1/t20-,21?,24-/m0/s1. The van der Waals surface area contributed by atoms with Crippen LogP contribution >= 0.6 is 0 Å². The number of amides is 1. The van der Waals surface area contributed by atoms with Crippen LogP contribution in [-0.4, -0.2) is 43.1 Å². The number of benzene rings is 1. The van der Waals surface area contributed by atoms with Crippen LogP contribution < -0.4 is 10.1 Å². The van der Waals surface area contributed by atoms with Crippen LogP contribution in [0.4, 0.5) is 0 Å². The van der Waals surface area contributed by atoms with Gasteiger partial charge in [-0.15, -0.1) is 0 Å². The number of nitrogens with zero attached hydrogens (tertiary/aromatic N) is 1. The monoisotopic (exact) mass is 385 g/mol. The maximum absolute atomic E-state index is 14.0. The van der Waals surface area contributed by atoms with Crippen LogP contribution in [0.15, 0.2) is 18.2 Å². The van der Waals surface area contributed by atoms with Gasteiger partial charge in [0.25, 0.3) is 0 Å². The minimum atomic E-state index is -0.0629. The van der Waals surface area contributed by atoms with Crippen LogP contribution in [0.1, 0.15) is 63.5 Å². The van der Waals surface area contributed by atoms with Crippen molar-refractivity contribution in [3.63, 3.8) is 0 Å². The van der Waals surface area contributed by atoms with Crippen LogP contribution in [0.2, 0.25) is 0 Å². The molecule has 2 N–H and O–H groups in total. The number of aryl methyl sites for hydroxylation is 1. The Morgan fingerprint density at radius 2 is 2.14 bits per heavy atom. The second kappa shape index (κ2) is 8.06. The molecule has 2 saturated heterocycles. The van der Waals surface area contributed by atoms with Gasteiger partial charge in [-0.25, -0.2) is 0 Å². The van der Waals surface area contributed by atoms with E-state index in [1.165, 1.54) is 36.8 Å². The van der Waals surface area contributed by atoms with Crippen molar-refractivity contribution < 1.29 is 14.8 Å². The molecule has 0 aliphatic carbocycles. The van der Waals surface area contributed by atoms with Crippen molar-refractivity contribution in [3.8, 4) is 5.75 Å². The fourth-order valence-corrected chi connectivity index (χ4v) is 6.25. The molecule has 4 rings (SSSR count). The van der Waals surface area contributed by atoms with Gasteiger partial charge in [0.05, 0.1) is 25.1 Å². The number of quaternary nitrogens is 1. The van der Waals surface area contributed by atoms with Crippen molar-refractivity contribution in [2.45, 2.75) is 70.8 Å². The van der Waals surface area contributed by atoms with E-state index in [1.54, 1.807) is 0 Å². The van der Waals surface area contributed by atoms with Crippen molar-refractivity contribution in [3.05, 3.63) is 29.3 Å². The molecule has 3 heterocycles. The van der Waals surface area contributed by atoms with Gasteiger partial charge in [-0.2, -0.15) is 0 Å². The zero-order valence-corrected chi connectivity index (χ0v) is 17.9. The number of hydrogen-bond donors (Lipinski definition) is 1. The van der Waals surface area contributed by atoms with Gasteiger partial charge >= 0.3 is 0 Å². The number of carbonyl (C=O) groups excluding carboxylic acids is 1. The lowest BCUT2D eigenvalue weighted by Crippen LogP contribution is -2.82. The lowest BCUT2D eigenvalue weighted by Gasteiger charge is -2.44. The van der Waals surface area contributed by atoms with Crippen molar-refractivity contribution in [1.29, 1.82) is 0 Å². The van der Waals surface area contributed by atoms with Crippen LogP contribution in [0.25, 0.3) is 0 Å². The lowest BCUT2D eigenvalue weighted by molar-refractivity contribution is -0.640. The molecule has 3 aliphatic rings. The smallest absolute Gasteiger partial charge is 0.232 e. The largest absolute Gasteiger partial charge is 0.493 e. The number of piperidine rings is 1. The first-order valence-electron chi connectivity index (χ1n) is 11.5. The maximum atomic E-state index is 14.0. The van der Waals surface area contributed by atoms with Crippen LogP contribution in [0.3, 0.4) is 0 Å². The summed E-state index contributed by atoms with van der Waals surface area (Å²) >= 11 is 0. The van der Waals surface area contributed by atoms with E-state index in [4.69, 9.17) is 4.74 Å². The van der Waals surface area contributed by atoms with Gasteiger partial charge in [0.1, 0.15) is 11.7 Å². The summed E-state index contributed by atoms with van der Waals surface area (Å²) in [6, 6.07) is 6.92. The van der Waals surface area contributed by atoms with E-state index in [0.29, 0.717) is 17.9 Å². The van der Waals surface area contributed by atoms with Gasteiger partial charge in [0.15, 0.2) is 0 Å². The molecule has 3 aliphatic heterocycles. The summed E-state index contributed by atoms with van der Waals surface area (Å²) in [6.45, 7) is 10.3. The lowest BCUT2D eigenvalue weighted by atomic mass is 9.67. The van der Waals surface area contributed by atoms with E-state index in [1.807, 2.05) is 0 Å². The molecule has 0 bridgehead atoms. The summed E-state index contributed by atoms with van der Waals surface area (Å²) in [4.78, 5) is 16.3. The number of fused-ring (bicyclic) bond motifs is 2. The molecule has 1 unspecified atom stereocenters. The molecule has 1 aromatic carbocycles. The molecule has 28 heavy (non-hydrogen) atoms. The van der Waals surface area contributed by atoms with Gasteiger partial charge in [-0.05, 0) is 44.1 Å². The zero-order valence-electron chi connectivity index (χ0n) is 17.9. The van der Waals surface area contributed by atoms with E-state index < -0.39 is 0 Å². The number of rotatable bonds is 4. The van der Waals surface area contributed by atoms with Gasteiger partial charge < -0.3 is 15.0 Å². The molecule has 154 valence electrons. The van der Waals surface area contributed by atoms with E-state index in [-0.39, 0.29) is 11.3 Å². The van der Waals surface area contributed by atoms with Gasteiger partial charge in [-0.3, -0.25) is 4.79 Å². The molecular formula is C24H37N2O2+. The highest BCUT2D eigenvalue weighted by Gasteiger charge is 2.55. The van der Waals surface area contributed by atoms with Crippen LogP contribution in [0, 0.1) is 18.8 Å². The molecular weight excluding hydrogens is 348 g/mol. The van der Waals surface area contributed by atoms with Crippen molar-refractivity contribution in [2.24, 2.45) is 11.8 Å². The van der Waals surface area contributed by atoms with E-state index in [0.717, 1.165) is 44.8 Å². The minimum Gasteiger partial charge on any atom is -0.493 e. The number of ether oxygens (including phenoxy) is 1. The molecule has 0 aromatic heterocycles. The van der Waals surface area contributed by atoms with Crippen molar-refractivity contribution in [2.75, 3.05) is 26.2 Å². The molecule has 0 saturated carbocycles. The highest BCUT2D eigenvalue weighted by molar-refractivity contribution is 5.82. The Balaban J connectivity index is 1.67. The Kier molecular flexibility index (Phi) is 5.69. The van der Waals surface area contributed by atoms with Crippen molar-refractivity contribution in [1.82, 2.24) is 4.90 Å². The van der Waals surface area contributed by atoms with Crippen LogP contribution in [-0.2, 0) is 10.2 Å². The first-order chi connectivity index (χ1) is 13.6. The number of likely N-dealkylation sites (tertiary alicyclic amines) is 1. The predicted molar refractivity (Wildman–Crippen MR) is 112 cm³/mol. The average Bonchev–Trinajstić information content (AvgIpc) is 3.14. The van der Waals surface area contributed by atoms with E-state index >= 15 is 0 Å². The van der Waals surface area contributed by atoms with Crippen molar-refractivity contribution >= 4 is 5.91 Å². The highest BCUT2D eigenvalue weighted by Crippen LogP contribution is 2.46. The van der Waals surface area contributed by atoms with Gasteiger partial charge in [-0.1, -0.05) is 44.9 Å². The number of hydrogen-bond acceptors (Lipinski definition) is 2. The minimum absolute atomic E-state index is 0.0629. The average molecular weight is 386 g/mol. The summed E-state index contributed by atoms with van der Waals surface area (Å²) in [5.41, 5.74) is 2.41. The van der Waals surface area contributed by atoms with Crippen LogP contribution in [0.5, 0.6) is 5.75 Å². The number of carbonyl (C=O) groups is 1. The Hall–Kier alpha value is -1.55. The summed E-state index contributed by atoms with van der Waals surface area (Å²) in [6.07, 6.45) is 6.90. The molecule has 1 aromatic rings. The molecule has 4 nitrogen and oxygen atoms in total. The molecule has 3 atom stereocenters. The molecule has 1 spiro atoms. The van der Waals surface area contributed by atoms with E-state index in [2.05, 4.69) is 49.2 Å². The molecule has 1 amide bonds. The fraction of sp³-hybridized carbons (Fsp3) is 0.708. The summed E-state index contributed by atoms with van der Waals surface area (Å²) in [5, 5.41) is 2.37. The third-order valence-corrected chi connectivity index (χ3v) is 7.84. The second-order valence-corrected chi connectivity index (χ2v) is 9.16. The Bertz CT molecular complexity index is 715. The maximum Gasteiger partial charge on any atom is 0.232 e. The van der Waals surface area contributed by atoms with Gasteiger partial charge in [0.2, 0.25) is 5.91 Å². The quantitative estimate of drug-likeness (QED) is 0.866. The highest BCUT2D eigenvalue weighted by atomic mass is 16.5. The topological polar surface area (TPSA) is 46.2 Å². The normalized spacial score (nSPS) is 29.8. The third-order valence-electron chi connectivity index (χ3n) is 7.84. The Morgan fingerprint density at radius 3 is 2.93 bits per heavy atom. The molecule has 0 radical (unpaired) electrons. The second-order valence-electron chi connectivity index (χ2n) is 9.16.